The van der Waals surface area contributed by atoms with Gasteiger partial charge in [0.1, 0.15) is 0 Å². The fourth-order valence-corrected chi connectivity index (χ4v) is 3.17. The molecule has 3 rings (SSSR count). The van der Waals surface area contributed by atoms with E-state index in [0.29, 0.717) is 6.04 Å². The van der Waals surface area contributed by atoms with Crippen LogP contribution < -0.4 is 5.32 Å². The van der Waals surface area contributed by atoms with Crippen LogP contribution in [-0.4, -0.2) is 24.0 Å². The first-order valence-electron chi connectivity index (χ1n) is 9.32. The third kappa shape index (κ3) is 6.75. The van der Waals surface area contributed by atoms with Gasteiger partial charge in [-0.2, -0.15) is 0 Å². The SMILES string of the molecule is C=C(C)NC1=CCC(N2CCCCC2)C=C1.C=Cc1ccc(C)cc1. The number of benzene rings is 1. The fraction of sp³-hybridized carbons (Fsp3) is 0.391. The summed E-state index contributed by atoms with van der Waals surface area (Å²) >= 11 is 0. The molecule has 1 aromatic carbocycles. The van der Waals surface area contributed by atoms with Gasteiger partial charge in [0.2, 0.25) is 0 Å². The quantitative estimate of drug-likeness (QED) is 0.787. The van der Waals surface area contributed by atoms with Gasteiger partial charge in [0.05, 0.1) is 0 Å². The molecule has 1 atom stereocenters. The summed E-state index contributed by atoms with van der Waals surface area (Å²) < 4.78 is 0. The van der Waals surface area contributed by atoms with Crippen molar-refractivity contribution in [3.8, 4) is 0 Å². The highest BCUT2D eigenvalue weighted by atomic mass is 15.2. The van der Waals surface area contributed by atoms with E-state index in [1.54, 1.807) is 0 Å². The molecule has 0 bridgehead atoms. The predicted molar refractivity (Wildman–Crippen MR) is 110 cm³/mol. The van der Waals surface area contributed by atoms with E-state index in [1.165, 1.54) is 49.2 Å². The van der Waals surface area contributed by atoms with Crippen molar-refractivity contribution in [2.75, 3.05) is 13.1 Å². The first-order valence-corrected chi connectivity index (χ1v) is 9.32. The van der Waals surface area contributed by atoms with E-state index in [1.807, 2.05) is 13.0 Å². The second-order valence-electron chi connectivity index (χ2n) is 6.94. The van der Waals surface area contributed by atoms with Crippen LogP contribution in [0.3, 0.4) is 0 Å². The summed E-state index contributed by atoms with van der Waals surface area (Å²) in [7, 11) is 0. The summed E-state index contributed by atoms with van der Waals surface area (Å²) in [6, 6.07) is 8.90. The van der Waals surface area contributed by atoms with Crippen LogP contribution in [0.5, 0.6) is 0 Å². The summed E-state index contributed by atoms with van der Waals surface area (Å²) in [6.45, 7) is 14.1. The summed E-state index contributed by atoms with van der Waals surface area (Å²) in [5.74, 6) is 0. The van der Waals surface area contributed by atoms with E-state index in [9.17, 15) is 0 Å². The molecule has 1 N–H and O–H groups in total. The van der Waals surface area contributed by atoms with Crippen LogP contribution in [0.15, 0.2) is 67.0 Å². The van der Waals surface area contributed by atoms with Gasteiger partial charge in [-0.1, -0.05) is 67.6 Å². The molecule has 0 spiro atoms. The van der Waals surface area contributed by atoms with Gasteiger partial charge in [0.25, 0.3) is 0 Å². The minimum absolute atomic E-state index is 0.621. The highest BCUT2D eigenvalue weighted by molar-refractivity contribution is 5.46. The molecule has 1 saturated heterocycles. The molecule has 1 aromatic rings. The highest BCUT2D eigenvalue weighted by Crippen LogP contribution is 2.19. The molecule has 2 heteroatoms. The Labute approximate surface area is 153 Å². The van der Waals surface area contributed by atoms with Gasteiger partial charge in [-0.25, -0.2) is 0 Å². The molecule has 1 aliphatic carbocycles. The van der Waals surface area contributed by atoms with Crippen molar-refractivity contribution in [2.24, 2.45) is 0 Å². The average Bonchev–Trinajstić information content (AvgIpc) is 2.64. The molecule has 0 aromatic heterocycles. The number of rotatable bonds is 4. The van der Waals surface area contributed by atoms with Crippen LogP contribution in [0.4, 0.5) is 0 Å². The minimum atomic E-state index is 0.621. The maximum atomic E-state index is 3.86. The molecular formula is C23H32N2. The number of hydrogen-bond donors (Lipinski definition) is 1. The third-order valence-electron chi connectivity index (χ3n) is 4.61. The standard InChI is InChI=1S/C14H22N2.C9H10/c1-12(2)15-13-6-8-14(9-7-13)16-10-4-3-5-11-16;1-3-9-6-4-8(2)5-7-9/h6-8,14-15H,1,3-5,9-11H2,2H3;3-7H,1H2,2H3. The molecule has 1 fully saturated rings. The summed E-state index contributed by atoms with van der Waals surface area (Å²) in [6.07, 6.45) is 13.9. The summed E-state index contributed by atoms with van der Waals surface area (Å²) in [5.41, 5.74) is 4.68. The Balaban J connectivity index is 0.000000212. The molecule has 2 nitrogen and oxygen atoms in total. The molecule has 1 aliphatic heterocycles. The Morgan fingerprint density at radius 3 is 2.36 bits per heavy atom. The second kappa shape index (κ2) is 10.0. The summed E-state index contributed by atoms with van der Waals surface area (Å²) in [4.78, 5) is 2.61. The Bertz CT molecular complexity index is 616. The number of nitrogens with zero attached hydrogens (tertiary/aromatic N) is 1. The first-order chi connectivity index (χ1) is 12.1. The zero-order valence-corrected chi connectivity index (χ0v) is 15.8. The van der Waals surface area contributed by atoms with E-state index >= 15 is 0 Å². The number of aryl methyl sites for hydroxylation is 1. The van der Waals surface area contributed by atoms with Crippen molar-refractivity contribution in [1.82, 2.24) is 10.2 Å². The van der Waals surface area contributed by atoms with Crippen LogP contribution in [0.25, 0.3) is 6.08 Å². The lowest BCUT2D eigenvalue weighted by molar-refractivity contribution is 0.190. The van der Waals surface area contributed by atoms with E-state index in [4.69, 9.17) is 0 Å². The minimum Gasteiger partial charge on any atom is -0.360 e. The van der Waals surface area contributed by atoms with E-state index < -0.39 is 0 Å². The second-order valence-corrected chi connectivity index (χ2v) is 6.94. The van der Waals surface area contributed by atoms with Gasteiger partial charge in [-0.15, -0.1) is 0 Å². The molecule has 1 heterocycles. The van der Waals surface area contributed by atoms with E-state index in [-0.39, 0.29) is 0 Å². The first kappa shape index (κ1) is 19.3. The van der Waals surface area contributed by atoms with Crippen LogP contribution in [-0.2, 0) is 0 Å². The van der Waals surface area contributed by atoms with Gasteiger partial charge in [-0.05, 0) is 57.8 Å². The average molecular weight is 337 g/mol. The van der Waals surface area contributed by atoms with Crippen LogP contribution in [0.1, 0.15) is 43.7 Å². The molecule has 1 unspecified atom stereocenters. The molecule has 25 heavy (non-hydrogen) atoms. The Morgan fingerprint density at radius 2 is 1.84 bits per heavy atom. The Kier molecular flexibility index (Phi) is 7.75. The van der Waals surface area contributed by atoms with Crippen LogP contribution >= 0.6 is 0 Å². The molecule has 0 saturated carbocycles. The van der Waals surface area contributed by atoms with E-state index in [0.717, 1.165) is 12.1 Å². The zero-order chi connectivity index (χ0) is 18.1. The van der Waals surface area contributed by atoms with Crippen LogP contribution in [0.2, 0.25) is 0 Å². The number of hydrogen-bond acceptors (Lipinski definition) is 2. The lowest BCUT2D eigenvalue weighted by Crippen LogP contribution is -2.38. The van der Waals surface area contributed by atoms with Crippen molar-refractivity contribution in [1.29, 1.82) is 0 Å². The largest absolute Gasteiger partial charge is 0.360 e. The van der Waals surface area contributed by atoms with Gasteiger partial charge in [-0.3, -0.25) is 4.90 Å². The molecular weight excluding hydrogens is 304 g/mol. The van der Waals surface area contributed by atoms with Gasteiger partial charge >= 0.3 is 0 Å². The normalized spacial score (nSPS) is 20.1. The van der Waals surface area contributed by atoms with Gasteiger partial charge in [0.15, 0.2) is 0 Å². The molecule has 0 amide bonds. The van der Waals surface area contributed by atoms with Crippen molar-refractivity contribution in [3.05, 3.63) is 78.2 Å². The Morgan fingerprint density at radius 1 is 1.16 bits per heavy atom. The van der Waals surface area contributed by atoms with Crippen LogP contribution in [0, 0.1) is 6.92 Å². The topological polar surface area (TPSA) is 15.3 Å². The van der Waals surface area contributed by atoms with E-state index in [2.05, 4.69) is 72.8 Å². The van der Waals surface area contributed by atoms with Crippen molar-refractivity contribution in [3.63, 3.8) is 0 Å². The lowest BCUT2D eigenvalue weighted by atomic mass is 10.0. The monoisotopic (exact) mass is 336 g/mol. The maximum absolute atomic E-state index is 3.86. The van der Waals surface area contributed by atoms with Crippen molar-refractivity contribution < 1.29 is 0 Å². The number of piperidine rings is 1. The van der Waals surface area contributed by atoms with Gasteiger partial charge in [0, 0.05) is 17.4 Å². The summed E-state index contributed by atoms with van der Waals surface area (Å²) in [5, 5.41) is 3.27. The zero-order valence-electron chi connectivity index (χ0n) is 15.8. The predicted octanol–water partition coefficient (Wildman–Crippen LogP) is 5.45. The van der Waals surface area contributed by atoms with Crippen molar-refractivity contribution >= 4 is 6.08 Å². The number of allylic oxidation sites excluding steroid dienone is 2. The lowest BCUT2D eigenvalue weighted by Gasteiger charge is -2.33. The fourth-order valence-electron chi connectivity index (χ4n) is 3.17. The third-order valence-corrected chi connectivity index (χ3v) is 4.61. The maximum Gasteiger partial charge on any atom is 0.0339 e. The van der Waals surface area contributed by atoms with Crippen molar-refractivity contribution in [2.45, 2.75) is 45.6 Å². The Hall–Kier alpha value is -2.06. The smallest absolute Gasteiger partial charge is 0.0339 e. The number of nitrogens with one attached hydrogen (secondary N) is 1. The molecule has 2 aliphatic rings. The van der Waals surface area contributed by atoms with Gasteiger partial charge < -0.3 is 5.32 Å². The number of likely N-dealkylation sites (tertiary alicyclic amines) is 1. The molecule has 134 valence electrons. The molecule has 0 radical (unpaired) electrons. The highest BCUT2D eigenvalue weighted by Gasteiger charge is 2.19.